The Morgan fingerprint density at radius 2 is 2.19 bits per heavy atom. The largest absolute Gasteiger partial charge is 0.366 e. The molecule has 2 rings (SSSR count). The quantitative estimate of drug-likeness (QED) is 0.816. The Hall–Kier alpha value is -1.13. The van der Waals surface area contributed by atoms with Crippen molar-refractivity contribution in [2.75, 3.05) is 38.1 Å². The van der Waals surface area contributed by atoms with Crippen LogP contribution in [0.5, 0.6) is 0 Å². The van der Waals surface area contributed by atoms with Gasteiger partial charge in [0.2, 0.25) is 0 Å². The normalized spacial score (nSPS) is 20.5. The molecular formula is C17H30N4. The van der Waals surface area contributed by atoms with Crippen LogP contribution in [-0.4, -0.2) is 49.2 Å². The highest BCUT2D eigenvalue weighted by Crippen LogP contribution is 2.25. The molecule has 2 heterocycles. The number of hydrogen-bond acceptors (Lipinski definition) is 4. The van der Waals surface area contributed by atoms with E-state index in [1.807, 2.05) is 6.20 Å². The van der Waals surface area contributed by atoms with E-state index in [0.29, 0.717) is 6.04 Å². The molecule has 1 unspecified atom stereocenters. The molecule has 0 spiro atoms. The summed E-state index contributed by atoms with van der Waals surface area (Å²) < 4.78 is 0. The molecule has 0 bridgehead atoms. The third kappa shape index (κ3) is 4.42. The lowest BCUT2D eigenvalue weighted by Gasteiger charge is -2.33. The van der Waals surface area contributed by atoms with E-state index in [-0.39, 0.29) is 0 Å². The van der Waals surface area contributed by atoms with Gasteiger partial charge in [-0.3, -0.25) is 4.98 Å². The summed E-state index contributed by atoms with van der Waals surface area (Å²) >= 11 is 0. The number of aromatic nitrogens is 1. The van der Waals surface area contributed by atoms with Crippen molar-refractivity contribution in [1.29, 1.82) is 0 Å². The fourth-order valence-corrected chi connectivity index (χ4v) is 3.13. The number of rotatable bonds is 6. The Morgan fingerprint density at radius 3 is 2.95 bits per heavy atom. The second kappa shape index (κ2) is 8.35. The SMILES string of the molecule is CCCNCc1ccncc1N1CCCN(C)CC1CC. The molecular weight excluding hydrogens is 260 g/mol. The molecule has 4 nitrogen and oxygen atoms in total. The Labute approximate surface area is 129 Å². The predicted octanol–water partition coefficient (Wildman–Crippen LogP) is 2.50. The van der Waals surface area contributed by atoms with Gasteiger partial charge in [-0.15, -0.1) is 0 Å². The maximum absolute atomic E-state index is 4.38. The van der Waals surface area contributed by atoms with Crippen LogP contribution in [0.3, 0.4) is 0 Å². The monoisotopic (exact) mass is 290 g/mol. The van der Waals surface area contributed by atoms with Crippen LogP contribution in [0.15, 0.2) is 18.5 Å². The van der Waals surface area contributed by atoms with Gasteiger partial charge < -0.3 is 15.1 Å². The van der Waals surface area contributed by atoms with Crippen molar-refractivity contribution in [2.45, 2.75) is 45.7 Å². The first-order valence-electron chi connectivity index (χ1n) is 8.35. The molecule has 1 aromatic rings. The third-order valence-corrected chi connectivity index (χ3v) is 4.31. The number of likely N-dealkylation sites (N-methyl/N-ethyl adjacent to an activating group) is 1. The molecule has 1 saturated heterocycles. The molecule has 1 aliphatic heterocycles. The van der Waals surface area contributed by atoms with Crippen LogP contribution in [0.25, 0.3) is 0 Å². The molecule has 0 aromatic carbocycles. The van der Waals surface area contributed by atoms with E-state index in [0.717, 1.165) is 26.2 Å². The van der Waals surface area contributed by atoms with Crippen LogP contribution in [0.4, 0.5) is 5.69 Å². The van der Waals surface area contributed by atoms with Crippen molar-refractivity contribution in [2.24, 2.45) is 0 Å². The van der Waals surface area contributed by atoms with E-state index in [9.17, 15) is 0 Å². The van der Waals surface area contributed by atoms with Gasteiger partial charge in [0.25, 0.3) is 0 Å². The van der Waals surface area contributed by atoms with Gasteiger partial charge in [-0.05, 0) is 51.0 Å². The highest BCUT2D eigenvalue weighted by Gasteiger charge is 2.23. The van der Waals surface area contributed by atoms with Crippen molar-refractivity contribution in [3.8, 4) is 0 Å². The first-order valence-corrected chi connectivity index (χ1v) is 8.35. The molecule has 1 atom stereocenters. The molecule has 1 aliphatic rings. The molecule has 1 fully saturated rings. The first kappa shape index (κ1) is 16.2. The van der Waals surface area contributed by atoms with E-state index in [1.165, 1.54) is 37.1 Å². The van der Waals surface area contributed by atoms with E-state index >= 15 is 0 Å². The zero-order valence-corrected chi connectivity index (χ0v) is 13.8. The van der Waals surface area contributed by atoms with E-state index < -0.39 is 0 Å². The smallest absolute Gasteiger partial charge is 0.0601 e. The van der Waals surface area contributed by atoms with Crippen LogP contribution < -0.4 is 10.2 Å². The van der Waals surface area contributed by atoms with Crippen molar-refractivity contribution in [3.05, 3.63) is 24.0 Å². The fourth-order valence-electron chi connectivity index (χ4n) is 3.13. The molecule has 1 aromatic heterocycles. The molecule has 0 aliphatic carbocycles. The lowest BCUT2D eigenvalue weighted by atomic mass is 10.1. The Kier molecular flexibility index (Phi) is 6.46. The average Bonchev–Trinajstić information content (AvgIpc) is 2.69. The standard InChI is InChI=1S/C17H30N4/c1-4-8-18-12-15-7-9-19-13-17(15)21-11-6-10-20(3)14-16(21)5-2/h7,9,13,16,18H,4-6,8,10-12,14H2,1-3H3. The first-order chi connectivity index (χ1) is 10.3. The van der Waals surface area contributed by atoms with Crippen LogP contribution in [0.2, 0.25) is 0 Å². The average molecular weight is 290 g/mol. The zero-order chi connectivity index (χ0) is 15.1. The highest BCUT2D eigenvalue weighted by molar-refractivity contribution is 5.52. The number of nitrogens with zero attached hydrogens (tertiary/aromatic N) is 3. The van der Waals surface area contributed by atoms with Gasteiger partial charge in [-0.25, -0.2) is 0 Å². The predicted molar refractivity (Wildman–Crippen MR) is 89.8 cm³/mol. The molecule has 0 saturated carbocycles. The summed E-state index contributed by atoms with van der Waals surface area (Å²) in [5.74, 6) is 0. The number of nitrogens with one attached hydrogen (secondary N) is 1. The number of anilines is 1. The highest BCUT2D eigenvalue weighted by atomic mass is 15.2. The summed E-state index contributed by atoms with van der Waals surface area (Å²) in [5.41, 5.74) is 2.70. The summed E-state index contributed by atoms with van der Waals surface area (Å²) in [7, 11) is 2.24. The third-order valence-electron chi connectivity index (χ3n) is 4.31. The maximum atomic E-state index is 4.38. The van der Waals surface area contributed by atoms with Crippen molar-refractivity contribution >= 4 is 5.69 Å². The summed E-state index contributed by atoms with van der Waals surface area (Å²) in [6.07, 6.45) is 7.55. The fraction of sp³-hybridized carbons (Fsp3) is 0.706. The minimum Gasteiger partial charge on any atom is -0.366 e. The number of pyridine rings is 1. The van der Waals surface area contributed by atoms with Crippen molar-refractivity contribution in [3.63, 3.8) is 0 Å². The molecule has 0 amide bonds. The second-order valence-corrected chi connectivity index (χ2v) is 6.05. The molecule has 1 N–H and O–H groups in total. The minimum absolute atomic E-state index is 0.589. The van der Waals surface area contributed by atoms with Crippen LogP contribution in [0.1, 0.15) is 38.7 Å². The lowest BCUT2D eigenvalue weighted by molar-refractivity contribution is 0.328. The van der Waals surface area contributed by atoms with E-state index in [4.69, 9.17) is 0 Å². The lowest BCUT2D eigenvalue weighted by Crippen LogP contribution is -2.40. The van der Waals surface area contributed by atoms with Gasteiger partial charge in [-0.1, -0.05) is 13.8 Å². The topological polar surface area (TPSA) is 31.4 Å². The van der Waals surface area contributed by atoms with Crippen LogP contribution >= 0.6 is 0 Å². The molecule has 0 radical (unpaired) electrons. The second-order valence-electron chi connectivity index (χ2n) is 6.05. The Morgan fingerprint density at radius 1 is 1.33 bits per heavy atom. The van der Waals surface area contributed by atoms with E-state index in [2.05, 4.69) is 53.3 Å². The zero-order valence-electron chi connectivity index (χ0n) is 13.8. The summed E-state index contributed by atoms with van der Waals surface area (Å²) in [4.78, 5) is 9.42. The van der Waals surface area contributed by atoms with Gasteiger partial charge in [-0.2, -0.15) is 0 Å². The summed E-state index contributed by atoms with van der Waals surface area (Å²) in [6, 6.07) is 2.76. The van der Waals surface area contributed by atoms with E-state index in [1.54, 1.807) is 0 Å². The maximum Gasteiger partial charge on any atom is 0.0601 e. The van der Waals surface area contributed by atoms with Crippen LogP contribution in [-0.2, 0) is 6.54 Å². The van der Waals surface area contributed by atoms with Gasteiger partial charge in [0, 0.05) is 31.9 Å². The van der Waals surface area contributed by atoms with Crippen molar-refractivity contribution in [1.82, 2.24) is 15.2 Å². The number of hydrogen-bond donors (Lipinski definition) is 1. The van der Waals surface area contributed by atoms with Gasteiger partial charge in [0.05, 0.1) is 11.9 Å². The van der Waals surface area contributed by atoms with Gasteiger partial charge >= 0.3 is 0 Å². The Bertz CT molecular complexity index is 421. The Balaban J connectivity index is 2.17. The molecule has 21 heavy (non-hydrogen) atoms. The summed E-state index contributed by atoms with van der Waals surface area (Å²) in [6.45, 7) is 9.98. The van der Waals surface area contributed by atoms with Crippen LogP contribution in [0, 0.1) is 0 Å². The minimum atomic E-state index is 0.589. The van der Waals surface area contributed by atoms with Gasteiger partial charge in [0.15, 0.2) is 0 Å². The van der Waals surface area contributed by atoms with Gasteiger partial charge in [0.1, 0.15) is 0 Å². The molecule has 118 valence electrons. The van der Waals surface area contributed by atoms with Crippen molar-refractivity contribution < 1.29 is 0 Å². The summed E-state index contributed by atoms with van der Waals surface area (Å²) in [5, 5.41) is 3.52. The molecule has 4 heteroatoms.